The van der Waals surface area contributed by atoms with E-state index >= 15 is 0 Å². The van der Waals surface area contributed by atoms with Crippen LogP contribution in [-0.4, -0.2) is 54.9 Å². The Morgan fingerprint density at radius 1 is 1.27 bits per heavy atom. The van der Waals surface area contributed by atoms with Gasteiger partial charge in [0.25, 0.3) is 0 Å². The van der Waals surface area contributed by atoms with Crippen LogP contribution < -0.4 is 0 Å². The highest BCUT2D eigenvalue weighted by atomic mass is 32.2. The molecular formula is C16H24N4O5S. The van der Waals surface area contributed by atoms with Crippen LogP contribution in [0.5, 0.6) is 0 Å². The van der Waals surface area contributed by atoms with E-state index in [4.69, 9.17) is 13.7 Å². The van der Waals surface area contributed by atoms with Gasteiger partial charge in [-0.3, -0.25) is 0 Å². The zero-order valence-corrected chi connectivity index (χ0v) is 16.4. The zero-order valence-electron chi connectivity index (χ0n) is 15.6. The Bertz CT molecular complexity index is 854. The Labute approximate surface area is 152 Å². The molecule has 0 bridgehead atoms. The summed E-state index contributed by atoms with van der Waals surface area (Å²) in [5.41, 5.74) is 0.356. The highest BCUT2D eigenvalue weighted by molar-refractivity contribution is 7.89. The number of hydrogen-bond donors (Lipinski definition) is 0. The van der Waals surface area contributed by atoms with Crippen LogP contribution in [0.3, 0.4) is 0 Å². The van der Waals surface area contributed by atoms with Gasteiger partial charge in [-0.1, -0.05) is 19.0 Å². The molecule has 0 unspecified atom stereocenters. The van der Waals surface area contributed by atoms with E-state index in [1.807, 2.05) is 13.8 Å². The normalized spacial score (nSPS) is 21.8. The van der Waals surface area contributed by atoms with Crippen LogP contribution in [0.25, 0.3) is 0 Å². The lowest BCUT2D eigenvalue weighted by Crippen LogP contribution is -2.30. The highest BCUT2D eigenvalue weighted by Crippen LogP contribution is 2.37. The smallest absolute Gasteiger partial charge is 0.248 e. The van der Waals surface area contributed by atoms with Crippen molar-refractivity contribution in [2.45, 2.75) is 44.4 Å². The van der Waals surface area contributed by atoms with E-state index in [-0.39, 0.29) is 35.0 Å². The molecule has 144 valence electrons. The van der Waals surface area contributed by atoms with Gasteiger partial charge in [0.15, 0.2) is 5.76 Å². The number of ether oxygens (including phenoxy) is 1. The van der Waals surface area contributed by atoms with Crippen molar-refractivity contribution in [1.82, 2.24) is 19.7 Å². The van der Waals surface area contributed by atoms with Gasteiger partial charge in [-0.15, -0.1) is 10.2 Å². The van der Waals surface area contributed by atoms with Gasteiger partial charge in [0.05, 0.1) is 12.5 Å². The summed E-state index contributed by atoms with van der Waals surface area (Å²) in [4.78, 5) is 0.128. The second kappa shape index (κ2) is 7.09. The summed E-state index contributed by atoms with van der Waals surface area (Å²) in [6.07, 6.45) is 0. The van der Waals surface area contributed by atoms with Crippen molar-refractivity contribution in [3.63, 3.8) is 0 Å². The summed E-state index contributed by atoms with van der Waals surface area (Å²) in [6, 6.07) is 0. The minimum absolute atomic E-state index is 0.0734. The van der Waals surface area contributed by atoms with Crippen LogP contribution in [0.15, 0.2) is 13.8 Å². The quantitative estimate of drug-likeness (QED) is 0.742. The topological polar surface area (TPSA) is 112 Å². The van der Waals surface area contributed by atoms with Gasteiger partial charge in [-0.25, -0.2) is 8.42 Å². The molecule has 2 atom stereocenters. The van der Waals surface area contributed by atoms with Crippen molar-refractivity contribution in [2.24, 2.45) is 5.92 Å². The molecule has 0 aromatic carbocycles. The summed E-state index contributed by atoms with van der Waals surface area (Å²) in [5.74, 6) is 1.10. The van der Waals surface area contributed by atoms with Crippen LogP contribution >= 0.6 is 0 Å². The number of methoxy groups -OCH3 is 1. The Morgan fingerprint density at radius 2 is 2.00 bits per heavy atom. The minimum Gasteiger partial charge on any atom is -0.425 e. The lowest BCUT2D eigenvalue weighted by atomic mass is 9.97. The molecule has 0 saturated carbocycles. The standard InChI is InChI=1S/C16H24N4O5S/c1-9(2)15-17-18-16(24-15)13-7-20(6-12(13)8-23-5)26(21,22)14-10(3)19-25-11(14)4/h9,12-13H,6-8H2,1-5H3/t12-,13+/m0/s1. The SMILES string of the molecule is COC[C@@H]1CN(S(=O)(=O)c2c(C)noc2C)C[C@H]1c1nnc(C(C)C)o1. The molecule has 3 heterocycles. The fourth-order valence-electron chi connectivity index (χ4n) is 3.29. The largest absolute Gasteiger partial charge is 0.425 e. The Balaban J connectivity index is 1.91. The number of aryl methyl sites for hydroxylation is 2. The van der Waals surface area contributed by atoms with Gasteiger partial charge in [0.1, 0.15) is 10.6 Å². The third kappa shape index (κ3) is 3.28. The molecule has 2 aromatic heterocycles. The van der Waals surface area contributed by atoms with Gasteiger partial charge in [0, 0.05) is 32.0 Å². The average molecular weight is 384 g/mol. The molecule has 2 aromatic rings. The number of nitrogens with zero attached hydrogens (tertiary/aromatic N) is 4. The van der Waals surface area contributed by atoms with Crippen molar-refractivity contribution >= 4 is 10.0 Å². The second-order valence-electron chi connectivity index (χ2n) is 6.93. The van der Waals surface area contributed by atoms with Crippen molar-refractivity contribution < 1.29 is 22.1 Å². The monoisotopic (exact) mass is 384 g/mol. The van der Waals surface area contributed by atoms with Crippen molar-refractivity contribution in [3.8, 4) is 0 Å². The molecule has 1 aliphatic rings. The maximum absolute atomic E-state index is 13.1. The van der Waals surface area contributed by atoms with Crippen molar-refractivity contribution in [3.05, 3.63) is 23.2 Å². The van der Waals surface area contributed by atoms with Crippen molar-refractivity contribution in [1.29, 1.82) is 0 Å². The molecule has 1 saturated heterocycles. The summed E-state index contributed by atoms with van der Waals surface area (Å²) in [7, 11) is -2.13. The summed E-state index contributed by atoms with van der Waals surface area (Å²) < 4.78 is 43.7. The number of rotatable bonds is 6. The van der Waals surface area contributed by atoms with Gasteiger partial charge >= 0.3 is 0 Å². The maximum atomic E-state index is 13.1. The van der Waals surface area contributed by atoms with Gasteiger partial charge in [0.2, 0.25) is 21.8 Å². The van der Waals surface area contributed by atoms with Crippen LogP contribution in [0.1, 0.15) is 48.9 Å². The van der Waals surface area contributed by atoms with E-state index in [2.05, 4.69) is 15.4 Å². The highest BCUT2D eigenvalue weighted by Gasteiger charge is 2.44. The molecule has 26 heavy (non-hydrogen) atoms. The molecule has 0 N–H and O–H groups in total. The lowest BCUT2D eigenvalue weighted by molar-refractivity contribution is 0.146. The summed E-state index contributed by atoms with van der Waals surface area (Å²) in [6.45, 7) is 8.11. The molecule has 10 heteroatoms. The summed E-state index contributed by atoms with van der Waals surface area (Å²) >= 11 is 0. The molecule has 0 amide bonds. The third-order valence-electron chi connectivity index (χ3n) is 4.62. The van der Waals surface area contributed by atoms with Gasteiger partial charge in [-0.05, 0) is 13.8 Å². The molecule has 1 aliphatic heterocycles. The van der Waals surface area contributed by atoms with E-state index < -0.39 is 10.0 Å². The fraction of sp³-hybridized carbons (Fsp3) is 0.688. The average Bonchev–Trinajstić information content (AvgIpc) is 3.26. The number of aromatic nitrogens is 3. The van der Waals surface area contributed by atoms with E-state index in [9.17, 15) is 8.42 Å². The van der Waals surface area contributed by atoms with E-state index in [0.717, 1.165) is 0 Å². The Morgan fingerprint density at radius 3 is 2.54 bits per heavy atom. The van der Waals surface area contributed by atoms with Crippen LogP contribution in [0.4, 0.5) is 0 Å². The van der Waals surface area contributed by atoms with Crippen LogP contribution in [-0.2, 0) is 14.8 Å². The number of sulfonamides is 1. The lowest BCUT2D eigenvalue weighted by Gasteiger charge is -2.15. The summed E-state index contributed by atoms with van der Waals surface area (Å²) in [5, 5.41) is 12.0. The van der Waals surface area contributed by atoms with Gasteiger partial charge in [-0.2, -0.15) is 4.31 Å². The zero-order chi connectivity index (χ0) is 19.1. The van der Waals surface area contributed by atoms with Crippen LogP contribution in [0.2, 0.25) is 0 Å². The van der Waals surface area contributed by atoms with Crippen LogP contribution in [0, 0.1) is 19.8 Å². The first-order chi connectivity index (χ1) is 12.3. The molecular weight excluding hydrogens is 360 g/mol. The molecule has 0 aliphatic carbocycles. The number of hydrogen-bond acceptors (Lipinski definition) is 8. The molecule has 9 nitrogen and oxygen atoms in total. The van der Waals surface area contributed by atoms with Crippen molar-refractivity contribution in [2.75, 3.05) is 26.8 Å². The first-order valence-corrected chi connectivity index (χ1v) is 9.95. The predicted molar refractivity (Wildman–Crippen MR) is 91.2 cm³/mol. The first-order valence-electron chi connectivity index (χ1n) is 8.51. The van der Waals surface area contributed by atoms with E-state index in [1.54, 1.807) is 21.0 Å². The minimum atomic E-state index is -3.73. The molecule has 0 spiro atoms. The Kier molecular flexibility index (Phi) is 5.18. The molecule has 1 fully saturated rings. The maximum Gasteiger partial charge on any atom is 0.248 e. The third-order valence-corrected chi connectivity index (χ3v) is 6.70. The predicted octanol–water partition coefficient (Wildman–Crippen LogP) is 1.85. The van der Waals surface area contributed by atoms with Gasteiger partial charge < -0.3 is 13.7 Å². The van der Waals surface area contributed by atoms with E-state index in [1.165, 1.54) is 4.31 Å². The Hall–Kier alpha value is -1.78. The fourth-order valence-corrected chi connectivity index (χ4v) is 5.11. The molecule has 0 radical (unpaired) electrons. The second-order valence-corrected chi connectivity index (χ2v) is 8.81. The van der Waals surface area contributed by atoms with E-state index in [0.29, 0.717) is 30.6 Å². The molecule has 3 rings (SSSR count). The first kappa shape index (κ1) is 19.0.